The summed E-state index contributed by atoms with van der Waals surface area (Å²) in [7, 11) is 0. The van der Waals surface area contributed by atoms with Gasteiger partial charge in [0.15, 0.2) is 5.76 Å². The van der Waals surface area contributed by atoms with E-state index in [2.05, 4.69) is 17.1 Å². The van der Waals surface area contributed by atoms with Gasteiger partial charge in [-0.25, -0.2) is 0 Å². The number of nitrogens with zero attached hydrogens (tertiary/aromatic N) is 1. The molecule has 2 unspecified atom stereocenters. The van der Waals surface area contributed by atoms with Gasteiger partial charge < -0.3 is 10.2 Å². The van der Waals surface area contributed by atoms with Crippen LogP contribution in [0.25, 0.3) is 11.5 Å². The van der Waals surface area contributed by atoms with E-state index in [0.29, 0.717) is 11.6 Å². The number of aromatic nitrogens is 2. The Kier molecular flexibility index (Phi) is 1.65. The third-order valence-electron chi connectivity index (χ3n) is 3.02. The van der Waals surface area contributed by atoms with Crippen LogP contribution in [-0.4, -0.2) is 10.2 Å². The molecule has 0 amide bonds. The van der Waals surface area contributed by atoms with Crippen molar-refractivity contribution in [2.24, 2.45) is 5.92 Å². The van der Waals surface area contributed by atoms with E-state index in [1.807, 2.05) is 12.1 Å². The monoisotopic (exact) mass is 203 g/mol. The maximum atomic E-state index is 5.75. The fourth-order valence-corrected chi connectivity index (χ4v) is 1.90. The second kappa shape index (κ2) is 2.89. The number of aromatic amines is 1. The molecule has 1 aliphatic rings. The van der Waals surface area contributed by atoms with Crippen molar-refractivity contribution >= 4 is 5.69 Å². The van der Waals surface area contributed by atoms with E-state index < -0.39 is 0 Å². The molecule has 2 aromatic rings. The quantitative estimate of drug-likeness (QED) is 0.787. The summed E-state index contributed by atoms with van der Waals surface area (Å²) in [6.45, 7) is 2.23. The molecule has 1 aliphatic carbocycles. The first-order chi connectivity index (χ1) is 7.25. The largest absolute Gasteiger partial charge is 0.459 e. The van der Waals surface area contributed by atoms with Crippen molar-refractivity contribution in [1.82, 2.24) is 10.2 Å². The number of nitrogens with two attached hydrogens (primary N) is 1. The Morgan fingerprint density at radius 3 is 2.93 bits per heavy atom. The highest BCUT2D eigenvalue weighted by Gasteiger charge is 2.36. The zero-order valence-electron chi connectivity index (χ0n) is 8.53. The maximum Gasteiger partial charge on any atom is 0.154 e. The van der Waals surface area contributed by atoms with Gasteiger partial charge in [-0.1, -0.05) is 6.92 Å². The molecule has 2 heterocycles. The molecule has 1 saturated carbocycles. The fraction of sp³-hybridized carbons (Fsp3) is 0.364. The van der Waals surface area contributed by atoms with Gasteiger partial charge in [-0.05, 0) is 24.5 Å². The first kappa shape index (κ1) is 8.59. The highest BCUT2D eigenvalue weighted by atomic mass is 16.3. The number of nitrogens with one attached hydrogen (secondary N) is 1. The van der Waals surface area contributed by atoms with Gasteiger partial charge in [0, 0.05) is 5.92 Å². The zero-order chi connectivity index (χ0) is 10.4. The molecule has 78 valence electrons. The summed E-state index contributed by atoms with van der Waals surface area (Å²) >= 11 is 0. The molecule has 4 heteroatoms. The highest BCUT2D eigenvalue weighted by molar-refractivity contribution is 5.67. The average Bonchev–Trinajstić information content (AvgIpc) is 2.69. The van der Waals surface area contributed by atoms with Gasteiger partial charge >= 0.3 is 0 Å². The highest BCUT2D eigenvalue weighted by Crippen LogP contribution is 2.48. The summed E-state index contributed by atoms with van der Waals surface area (Å²) in [5.74, 6) is 3.19. The summed E-state index contributed by atoms with van der Waals surface area (Å²) in [5, 5.41) is 6.71. The molecular weight excluding hydrogens is 190 g/mol. The molecule has 0 aliphatic heterocycles. The second-order valence-electron chi connectivity index (χ2n) is 4.22. The average molecular weight is 203 g/mol. The van der Waals surface area contributed by atoms with Crippen LogP contribution < -0.4 is 5.73 Å². The molecule has 0 radical (unpaired) electrons. The molecule has 3 rings (SSSR count). The van der Waals surface area contributed by atoms with Crippen LogP contribution in [0, 0.1) is 5.92 Å². The lowest BCUT2D eigenvalue weighted by Gasteiger charge is -1.94. The van der Waals surface area contributed by atoms with E-state index in [0.717, 1.165) is 23.1 Å². The lowest BCUT2D eigenvalue weighted by molar-refractivity contribution is 0.517. The number of hydrogen-bond acceptors (Lipinski definition) is 3. The number of hydrogen-bond donors (Lipinski definition) is 2. The Hall–Kier alpha value is -1.71. The van der Waals surface area contributed by atoms with Crippen LogP contribution in [0.3, 0.4) is 0 Å². The first-order valence-electron chi connectivity index (χ1n) is 5.14. The molecule has 0 aromatic carbocycles. The summed E-state index contributed by atoms with van der Waals surface area (Å²) in [6, 6.07) is 3.98. The molecule has 15 heavy (non-hydrogen) atoms. The van der Waals surface area contributed by atoms with Crippen LogP contribution in [0.15, 0.2) is 22.7 Å². The predicted molar refractivity (Wildman–Crippen MR) is 57.2 cm³/mol. The second-order valence-corrected chi connectivity index (χ2v) is 4.22. The Labute approximate surface area is 87.5 Å². The van der Waals surface area contributed by atoms with E-state index in [9.17, 15) is 0 Å². The predicted octanol–water partition coefficient (Wildman–Crippen LogP) is 2.38. The summed E-state index contributed by atoms with van der Waals surface area (Å²) < 4.78 is 5.75. The van der Waals surface area contributed by atoms with Gasteiger partial charge in [0.1, 0.15) is 11.5 Å². The number of H-pyrrole nitrogens is 1. The molecular formula is C11H13N3O. The Balaban J connectivity index is 1.94. The van der Waals surface area contributed by atoms with Crippen molar-refractivity contribution in [2.75, 3.05) is 5.73 Å². The lowest BCUT2D eigenvalue weighted by Crippen LogP contribution is -1.84. The van der Waals surface area contributed by atoms with E-state index >= 15 is 0 Å². The molecule has 0 saturated heterocycles. The normalized spacial score (nSPS) is 24.3. The van der Waals surface area contributed by atoms with Gasteiger partial charge in [-0.3, -0.25) is 5.10 Å². The molecule has 4 nitrogen and oxygen atoms in total. The fourth-order valence-electron chi connectivity index (χ4n) is 1.90. The zero-order valence-corrected chi connectivity index (χ0v) is 8.53. The first-order valence-corrected chi connectivity index (χ1v) is 5.14. The van der Waals surface area contributed by atoms with E-state index in [1.54, 1.807) is 6.20 Å². The molecule has 0 bridgehead atoms. The van der Waals surface area contributed by atoms with Gasteiger partial charge in [0.05, 0.1) is 11.9 Å². The Bertz CT molecular complexity index is 485. The van der Waals surface area contributed by atoms with Crippen LogP contribution in [0.2, 0.25) is 0 Å². The van der Waals surface area contributed by atoms with Gasteiger partial charge in [-0.2, -0.15) is 5.10 Å². The Morgan fingerprint density at radius 2 is 2.33 bits per heavy atom. The van der Waals surface area contributed by atoms with E-state index in [-0.39, 0.29) is 0 Å². The van der Waals surface area contributed by atoms with Crippen LogP contribution in [-0.2, 0) is 0 Å². The number of rotatable bonds is 2. The minimum atomic E-state index is 0.600. The minimum absolute atomic E-state index is 0.600. The lowest BCUT2D eigenvalue weighted by atomic mass is 10.2. The van der Waals surface area contributed by atoms with Crippen molar-refractivity contribution in [3.05, 3.63) is 24.1 Å². The number of anilines is 1. The standard InChI is InChI=1S/C11H13N3O/c1-6-4-7(6)9-2-3-10(15-9)11-8(12)5-13-14-11/h2-3,5-7H,4,12H2,1H3,(H,13,14). The van der Waals surface area contributed by atoms with Crippen LogP contribution in [0.5, 0.6) is 0 Å². The van der Waals surface area contributed by atoms with Crippen LogP contribution >= 0.6 is 0 Å². The van der Waals surface area contributed by atoms with Gasteiger partial charge in [-0.15, -0.1) is 0 Å². The molecule has 2 aromatic heterocycles. The minimum Gasteiger partial charge on any atom is -0.459 e. The third kappa shape index (κ3) is 1.33. The molecule has 0 spiro atoms. The number of nitrogen functional groups attached to an aromatic ring is 1. The summed E-state index contributed by atoms with van der Waals surface area (Å²) in [4.78, 5) is 0. The van der Waals surface area contributed by atoms with Crippen molar-refractivity contribution < 1.29 is 4.42 Å². The Morgan fingerprint density at radius 1 is 1.53 bits per heavy atom. The van der Waals surface area contributed by atoms with Crippen molar-refractivity contribution in [3.8, 4) is 11.5 Å². The van der Waals surface area contributed by atoms with Crippen molar-refractivity contribution in [3.63, 3.8) is 0 Å². The SMILES string of the molecule is CC1CC1c1ccc(-c2[nH]ncc2N)o1. The van der Waals surface area contributed by atoms with Crippen LogP contribution in [0.1, 0.15) is 25.0 Å². The topological polar surface area (TPSA) is 67.8 Å². The van der Waals surface area contributed by atoms with E-state index in [4.69, 9.17) is 10.2 Å². The molecule has 1 fully saturated rings. The van der Waals surface area contributed by atoms with Crippen LogP contribution in [0.4, 0.5) is 5.69 Å². The van der Waals surface area contributed by atoms with Gasteiger partial charge in [0.2, 0.25) is 0 Å². The smallest absolute Gasteiger partial charge is 0.154 e. The molecule has 2 atom stereocenters. The van der Waals surface area contributed by atoms with Crippen molar-refractivity contribution in [2.45, 2.75) is 19.3 Å². The summed E-state index contributed by atoms with van der Waals surface area (Å²) in [5.41, 5.74) is 7.14. The maximum absolute atomic E-state index is 5.75. The molecule has 3 N–H and O–H groups in total. The van der Waals surface area contributed by atoms with E-state index in [1.165, 1.54) is 6.42 Å². The van der Waals surface area contributed by atoms with Crippen molar-refractivity contribution in [1.29, 1.82) is 0 Å². The number of furan rings is 1. The third-order valence-corrected chi connectivity index (χ3v) is 3.02. The van der Waals surface area contributed by atoms with Gasteiger partial charge in [0.25, 0.3) is 0 Å². The summed E-state index contributed by atoms with van der Waals surface area (Å²) in [6.07, 6.45) is 2.82.